The molecule has 27 heavy (non-hydrogen) atoms. The third kappa shape index (κ3) is 3.06. The van der Waals surface area contributed by atoms with Crippen molar-refractivity contribution in [2.75, 3.05) is 19.7 Å². The van der Waals surface area contributed by atoms with Crippen LogP contribution in [-0.4, -0.2) is 46.7 Å². The number of amides is 1. The normalized spacial score (nSPS) is 21.4. The molecule has 1 amide bonds. The van der Waals surface area contributed by atoms with Crippen LogP contribution in [0.2, 0.25) is 0 Å². The second kappa shape index (κ2) is 6.70. The Labute approximate surface area is 159 Å². The summed E-state index contributed by atoms with van der Waals surface area (Å²) < 4.78 is 16.9. The standard InChI is InChI=1S/C19H17N3O4S/c23-19(15-11-24-13-4-1-2-5-14(13)25-15)22-8-7-12(10-22)17-20-18(26-21-17)16-6-3-9-27-16/h1-6,9,12,15H,7-8,10-11H2. The van der Waals surface area contributed by atoms with E-state index in [2.05, 4.69) is 10.1 Å². The van der Waals surface area contributed by atoms with E-state index in [1.807, 2.05) is 41.8 Å². The van der Waals surface area contributed by atoms with Crippen molar-refractivity contribution >= 4 is 17.2 Å². The van der Waals surface area contributed by atoms with Gasteiger partial charge in [-0.15, -0.1) is 11.3 Å². The maximum Gasteiger partial charge on any atom is 0.267 e. The molecule has 4 heterocycles. The maximum absolute atomic E-state index is 12.8. The zero-order valence-corrected chi connectivity index (χ0v) is 15.2. The molecule has 0 aliphatic carbocycles. The monoisotopic (exact) mass is 383 g/mol. The van der Waals surface area contributed by atoms with Crippen molar-refractivity contribution in [1.29, 1.82) is 0 Å². The van der Waals surface area contributed by atoms with Gasteiger partial charge in [0.05, 0.1) is 4.88 Å². The van der Waals surface area contributed by atoms with Gasteiger partial charge < -0.3 is 18.9 Å². The Morgan fingerprint density at radius 2 is 2.07 bits per heavy atom. The molecule has 1 saturated heterocycles. The van der Waals surface area contributed by atoms with Gasteiger partial charge >= 0.3 is 0 Å². The zero-order valence-electron chi connectivity index (χ0n) is 14.4. The fourth-order valence-electron chi connectivity index (χ4n) is 3.42. The number of carbonyl (C=O) groups excluding carboxylic acids is 1. The molecule has 1 fully saturated rings. The number of para-hydroxylation sites is 2. The van der Waals surface area contributed by atoms with Crippen molar-refractivity contribution in [3.05, 3.63) is 47.6 Å². The largest absolute Gasteiger partial charge is 0.485 e. The summed E-state index contributed by atoms with van der Waals surface area (Å²) in [5, 5.41) is 6.09. The van der Waals surface area contributed by atoms with Crippen LogP contribution in [0.4, 0.5) is 0 Å². The fraction of sp³-hybridized carbons (Fsp3) is 0.316. The highest BCUT2D eigenvalue weighted by Crippen LogP contribution is 2.33. The molecular weight excluding hydrogens is 366 g/mol. The van der Waals surface area contributed by atoms with Crippen LogP contribution < -0.4 is 9.47 Å². The molecule has 3 aromatic rings. The number of hydrogen-bond donors (Lipinski definition) is 0. The number of aromatic nitrogens is 2. The molecule has 0 bridgehead atoms. The lowest BCUT2D eigenvalue weighted by Gasteiger charge is -2.28. The first-order valence-electron chi connectivity index (χ1n) is 8.82. The molecule has 2 aromatic heterocycles. The minimum atomic E-state index is -0.620. The number of hydrogen-bond acceptors (Lipinski definition) is 7. The third-order valence-corrected chi connectivity index (χ3v) is 5.68. The van der Waals surface area contributed by atoms with E-state index >= 15 is 0 Å². The number of nitrogens with zero attached hydrogens (tertiary/aromatic N) is 3. The molecule has 0 radical (unpaired) electrons. The highest BCUT2D eigenvalue weighted by molar-refractivity contribution is 7.13. The molecule has 2 unspecified atom stereocenters. The lowest BCUT2D eigenvalue weighted by molar-refractivity contribution is -0.140. The summed E-state index contributed by atoms with van der Waals surface area (Å²) >= 11 is 1.56. The highest BCUT2D eigenvalue weighted by atomic mass is 32.1. The van der Waals surface area contributed by atoms with Gasteiger partial charge in [0.25, 0.3) is 11.8 Å². The maximum atomic E-state index is 12.8. The summed E-state index contributed by atoms with van der Waals surface area (Å²) in [4.78, 5) is 20.1. The van der Waals surface area contributed by atoms with Crippen molar-refractivity contribution in [2.45, 2.75) is 18.4 Å². The number of fused-ring (bicyclic) bond motifs is 1. The summed E-state index contributed by atoms with van der Waals surface area (Å²) in [7, 11) is 0. The lowest BCUT2D eigenvalue weighted by Crippen LogP contribution is -2.45. The second-order valence-corrected chi connectivity index (χ2v) is 7.52. The van der Waals surface area contributed by atoms with Crippen molar-refractivity contribution in [2.24, 2.45) is 0 Å². The van der Waals surface area contributed by atoms with Crippen LogP contribution in [0.1, 0.15) is 18.2 Å². The van der Waals surface area contributed by atoms with Gasteiger partial charge in [0, 0.05) is 19.0 Å². The Morgan fingerprint density at radius 1 is 1.19 bits per heavy atom. The quantitative estimate of drug-likeness (QED) is 0.692. The van der Waals surface area contributed by atoms with E-state index in [0.717, 1.165) is 11.3 Å². The number of carbonyl (C=O) groups is 1. The van der Waals surface area contributed by atoms with Crippen molar-refractivity contribution in [3.63, 3.8) is 0 Å². The minimum absolute atomic E-state index is 0.0611. The first-order valence-corrected chi connectivity index (χ1v) is 9.70. The molecule has 8 heteroatoms. The molecule has 0 saturated carbocycles. The van der Waals surface area contributed by atoms with Crippen molar-refractivity contribution < 1.29 is 18.8 Å². The van der Waals surface area contributed by atoms with Crippen LogP contribution in [0.15, 0.2) is 46.3 Å². The molecule has 2 aliphatic heterocycles. The molecule has 0 N–H and O–H groups in total. The zero-order chi connectivity index (χ0) is 18.2. The van der Waals surface area contributed by atoms with Gasteiger partial charge in [-0.3, -0.25) is 4.79 Å². The van der Waals surface area contributed by atoms with Crippen LogP contribution in [-0.2, 0) is 4.79 Å². The highest BCUT2D eigenvalue weighted by Gasteiger charge is 2.36. The van der Waals surface area contributed by atoms with E-state index in [4.69, 9.17) is 14.0 Å². The molecule has 0 spiro atoms. The summed E-state index contributed by atoms with van der Waals surface area (Å²) in [5.74, 6) is 2.48. The summed E-state index contributed by atoms with van der Waals surface area (Å²) in [6.07, 6.45) is 0.185. The smallest absolute Gasteiger partial charge is 0.267 e. The van der Waals surface area contributed by atoms with Gasteiger partial charge in [0.15, 0.2) is 17.3 Å². The number of rotatable bonds is 3. The van der Waals surface area contributed by atoms with Gasteiger partial charge in [-0.25, -0.2) is 0 Å². The van der Waals surface area contributed by atoms with Crippen LogP contribution in [0.5, 0.6) is 11.5 Å². The number of benzene rings is 1. The van der Waals surface area contributed by atoms with E-state index in [-0.39, 0.29) is 18.4 Å². The molecule has 7 nitrogen and oxygen atoms in total. The summed E-state index contributed by atoms with van der Waals surface area (Å²) in [6.45, 7) is 1.43. The summed E-state index contributed by atoms with van der Waals surface area (Å²) in [6, 6.07) is 11.3. The Kier molecular flexibility index (Phi) is 4.05. The Balaban J connectivity index is 1.25. The lowest BCUT2D eigenvalue weighted by atomic mass is 10.1. The van der Waals surface area contributed by atoms with Gasteiger partial charge in [-0.2, -0.15) is 4.98 Å². The third-order valence-electron chi connectivity index (χ3n) is 4.82. The van der Waals surface area contributed by atoms with Gasteiger partial charge in [-0.1, -0.05) is 23.4 Å². The average Bonchev–Trinajstić information content (AvgIpc) is 3.47. The molecule has 2 atom stereocenters. The minimum Gasteiger partial charge on any atom is -0.485 e. The van der Waals surface area contributed by atoms with E-state index in [9.17, 15) is 4.79 Å². The Morgan fingerprint density at radius 3 is 2.93 bits per heavy atom. The number of thiophene rings is 1. The van der Waals surface area contributed by atoms with Crippen LogP contribution in [0.25, 0.3) is 10.8 Å². The van der Waals surface area contributed by atoms with E-state index < -0.39 is 6.10 Å². The Hall–Kier alpha value is -2.87. The number of ether oxygens (including phenoxy) is 2. The molecule has 2 aliphatic rings. The average molecular weight is 383 g/mol. The molecule has 1 aromatic carbocycles. The van der Waals surface area contributed by atoms with Crippen molar-refractivity contribution in [1.82, 2.24) is 15.0 Å². The van der Waals surface area contributed by atoms with Crippen LogP contribution in [0, 0.1) is 0 Å². The molecule has 5 rings (SSSR count). The van der Waals surface area contributed by atoms with E-state index in [0.29, 0.717) is 36.3 Å². The van der Waals surface area contributed by atoms with Gasteiger partial charge in [-0.05, 0) is 30.0 Å². The van der Waals surface area contributed by atoms with Gasteiger partial charge in [0.1, 0.15) is 6.61 Å². The summed E-state index contributed by atoms with van der Waals surface area (Å²) in [5.41, 5.74) is 0. The predicted molar refractivity (Wildman–Crippen MR) is 97.9 cm³/mol. The molecular formula is C19H17N3O4S. The number of likely N-dealkylation sites (tertiary alicyclic amines) is 1. The van der Waals surface area contributed by atoms with Crippen LogP contribution in [0.3, 0.4) is 0 Å². The Bertz CT molecular complexity index is 956. The van der Waals surface area contributed by atoms with E-state index in [1.54, 1.807) is 16.2 Å². The SMILES string of the molecule is O=C(C1COc2ccccc2O1)N1CCC(c2noc(-c3cccs3)n2)C1. The van der Waals surface area contributed by atoms with Crippen molar-refractivity contribution in [3.8, 4) is 22.3 Å². The van der Waals surface area contributed by atoms with Crippen LogP contribution >= 0.6 is 11.3 Å². The van der Waals surface area contributed by atoms with E-state index in [1.165, 1.54) is 0 Å². The predicted octanol–water partition coefficient (Wildman–Crippen LogP) is 2.95. The second-order valence-electron chi connectivity index (χ2n) is 6.57. The first kappa shape index (κ1) is 16.3. The first-order chi connectivity index (χ1) is 13.3. The fourth-order valence-corrected chi connectivity index (χ4v) is 4.06. The molecule has 138 valence electrons. The topological polar surface area (TPSA) is 77.7 Å². The van der Waals surface area contributed by atoms with Gasteiger partial charge in [0.2, 0.25) is 6.10 Å².